The number of nitrogens with one attached hydrogen (secondary N) is 2. The van der Waals surface area contributed by atoms with E-state index in [1.54, 1.807) is 0 Å². The topological polar surface area (TPSA) is 71.1 Å². The Morgan fingerprint density at radius 2 is 2.05 bits per heavy atom. The van der Waals surface area contributed by atoms with Crippen LogP contribution in [0, 0.1) is 11.9 Å². The highest BCUT2D eigenvalue weighted by atomic mass is 19.1. The monoisotopic (exact) mass is 267 g/mol. The maximum absolute atomic E-state index is 12.8. The Hall–Kier alpha value is -1.98. The van der Waals surface area contributed by atoms with Gasteiger partial charge in [0.25, 0.3) is 5.91 Å². The summed E-state index contributed by atoms with van der Waals surface area (Å²) in [7, 11) is 0. The average Bonchev–Trinajstić information content (AvgIpc) is 2.36. The molecule has 0 saturated carbocycles. The Bertz CT molecular complexity index is 449. The minimum atomic E-state index is -0.706. The van der Waals surface area contributed by atoms with Gasteiger partial charge in [-0.05, 0) is 18.1 Å². The zero-order valence-corrected chi connectivity index (χ0v) is 11.1. The van der Waals surface area contributed by atoms with Crippen LogP contribution in [0.25, 0.3) is 0 Å². The Morgan fingerprint density at radius 1 is 1.32 bits per heavy atom. The van der Waals surface area contributed by atoms with Crippen molar-refractivity contribution in [3.63, 3.8) is 0 Å². The molecule has 2 amide bonds. The molecule has 6 heteroatoms. The lowest BCUT2D eigenvalue weighted by atomic mass is 10.2. The van der Waals surface area contributed by atoms with Gasteiger partial charge < -0.3 is 10.6 Å². The fourth-order valence-electron chi connectivity index (χ4n) is 1.32. The molecule has 5 nitrogen and oxygen atoms in total. The number of hydrogen-bond acceptors (Lipinski definition) is 3. The second kappa shape index (κ2) is 7.45. The zero-order valence-electron chi connectivity index (χ0n) is 11.1. The van der Waals surface area contributed by atoms with Gasteiger partial charge >= 0.3 is 0 Å². The van der Waals surface area contributed by atoms with Crippen LogP contribution >= 0.6 is 0 Å². The standard InChI is InChI=1S/C13H18FN3O2/c1-9(2)8-16-12(18)6-7-15-13(19)10-4-3-5-11(14)17-10/h3-5,9H,6-8H2,1-2H3,(H,15,19)(H,16,18). The molecule has 19 heavy (non-hydrogen) atoms. The second-order valence-electron chi connectivity index (χ2n) is 4.55. The Morgan fingerprint density at radius 3 is 2.68 bits per heavy atom. The van der Waals surface area contributed by atoms with Crippen molar-refractivity contribution in [2.75, 3.05) is 13.1 Å². The molecule has 0 radical (unpaired) electrons. The molecule has 0 unspecified atom stereocenters. The van der Waals surface area contributed by atoms with E-state index in [4.69, 9.17) is 0 Å². The highest BCUT2D eigenvalue weighted by Crippen LogP contribution is 1.97. The SMILES string of the molecule is CC(C)CNC(=O)CCNC(=O)c1cccc(F)n1. The summed E-state index contributed by atoms with van der Waals surface area (Å²) in [5.41, 5.74) is 0.00240. The number of halogens is 1. The van der Waals surface area contributed by atoms with Crippen LogP contribution in [0.2, 0.25) is 0 Å². The predicted octanol–water partition coefficient (Wildman–Crippen LogP) is 1.11. The van der Waals surface area contributed by atoms with Crippen LogP contribution in [0.15, 0.2) is 18.2 Å². The van der Waals surface area contributed by atoms with Crippen LogP contribution in [-0.4, -0.2) is 29.9 Å². The number of hydrogen-bond donors (Lipinski definition) is 2. The van der Waals surface area contributed by atoms with Gasteiger partial charge in [0.05, 0.1) is 0 Å². The van der Waals surface area contributed by atoms with E-state index in [9.17, 15) is 14.0 Å². The van der Waals surface area contributed by atoms with Crippen LogP contribution in [0.1, 0.15) is 30.8 Å². The van der Waals surface area contributed by atoms with Crippen molar-refractivity contribution in [2.45, 2.75) is 20.3 Å². The molecule has 1 rings (SSSR count). The van der Waals surface area contributed by atoms with Crippen LogP contribution in [0.5, 0.6) is 0 Å². The van der Waals surface area contributed by atoms with Crippen LogP contribution < -0.4 is 10.6 Å². The van der Waals surface area contributed by atoms with Gasteiger partial charge in [0.2, 0.25) is 11.9 Å². The Labute approximate surface area is 111 Å². The molecule has 0 aliphatic rings. The van der Waals surface area contributed by atoms with E-state index >= 15 is 0 Å². The molecule has 0 bridgehead atoms. The normalized spacial score (nSPS) is 10.3. The third kappa shape index (κ3) is 5.94. The van der Waals surface area contributed by atoms with Gasteiger partial charge in [-0.25, -0.2) is 4.98 Å². The van der Waals surface area contributed by atoms with Gasteiger partial charge in [0.1, 0.15) is 5.69 Å². The minimum absolute atomic E-state index is 0.00240. The minimum Gasteiger partial charge on any atom is -0.356 e. The van der Waals surface area contributed by atoms with Crippen molar-refractivity contribution in [1.82, 2.24) is 15.6 Å². The number of carbonyl (C=O) groups excluding carboxylic acids is 2. The fourth-order valence-corrected chi connectivity index (χ4v) is 1.32. The first-order valence-electron chi connectivity index (χ1n) is 6.16. The number of aromatic nitrogens is 1. The van der Waals surface area contributed by atoms with Crippen molar-refractivity contribution in [2.24, 2.45) is 5.92 Å². The van der Waals surface area contributed by atoms with Crippen molar-refractivity contribution in [1.29, 1.82) is 0 Å². The lowest BCUT2D eigenvalue weighted by molar-refractivity contribution is -0.121. The summed E-state index contributed by atoms with van der Waals surface area (Å²) in [6, 6.07) is 3.99. The molecule has 0 atom stereocenters. The number of rotatable bonds is 6. The molecule has 0 spiro atoms. The Balaban J connectivity index is 2.29. The molecule has 0 aliphatic heterocycles. The maximum atomic E-state index is 12.8. The maximum Gasteiger partial charge on any atom is 0.270 e. The molecular formula is C13H18FN3O2. The number of pyridine rings is 1. The molecule has 0 aromatic carbocycles. The van der Waals surface area contributed by atoms with Gasteiger partial charge in [-0.1, -0.05) is 19.9 Å². The molecule has 1 aromatic rings. The van der Waals surface area contributed by atoms with E-state index in [1.807, 2.05) is 13.8 Å². The molecule has 2 N–H and O–H groups in total. The molecule has 1 heterocycles. The molecule has 1 aromatic heterocycles. The molecule has 0 aliphatic carbocycles. The molecular weight excluding hydrogens is 249 g/mol. The molecule has 0 saturated heterocycles. The van der Waals surface area contributed by atoms with E-state index < -0.39 is 11.9 Å². The van der Waals surface area contributed by atoms with E-state index in [-0.39, 0.29) is 24.6 Å². The second-order valence-corrected chi connectivity index (χ2v) is 4.55. The summed E-state index contributed by atoms with van der Waals surface area (Å²) in [6.07, 6.45) is 0.188. The van der Waals surface area contributed by atoms with Crippen molar-refractivity contribution in [3.8, 4) is 0 Å². The summed E-state index contributed by atoms with van der Waals surface area (Å²) in [5.74, 6) is -0.935. The van der Waals surface area contributed by atoms with Gasteiger partial charge in [-0.3, -0.25) is 9.59 Å². The van der Waals surface area contributed by atoms with Crippen LogP contribution in [0.4, 0.5) is 4.39 Å². The fraction of sp³-hybridized carbons (Fsp3) is 0.462. The third-order valence-corrected chi connectivity index (χ3v) is 2.29. The number of amides is 2. The summed E-state index contributed by atoms with van der Waals surface area (Å²) >= 11 is 0. The predicted molar refractivity (Wildman–Crippen MR) is 69.0 cm³/mol. The lowest BCUT2D eigenvalue weighted by Gasteiger charge is -2.08. The summed E-state index contributed by atoms with van der Waals surface area (Å²) in [4.78, 5) is 26.4. The zero-order chi connectivity index (χ0) is 14.3. The molecule has 104 valence electrons. The highest BCUT2D eigenvalue weighted by Gasteiger charge is 2.08. The largest absolute Gasteiger partial charge is 0.356 e. The first-order chi connectivity index (χ1) is 8.99. The summed E-state index contributed by atoms with van der Waals surface area (Å²) in [5, 5.41) is 5.25. The first kappa shape index (κ1) is 15.1. The average molecular weight is 267 g/mol. The third-order valence-electron chi connectivity index (χ3n) is 2.29. The van der Waals surface area contributed by atoms with Crippen molar-refractivity contribution < 1.29 is 14.0 Å². The van der Waals surface area contributed by atoms with Gasteiger partial charge in [-0.2, -0.15) is 4.39 Å². The van der Waals surface area contributed by atoms with E-state index in [2.05, 4.69) is 15.6 Å². The van der Waals surface area contributed by atoms with E-state index in [0.717, 1.165) is 6.07 Å². The highest BCUT2D eigenvalue weighted by molar-refractivity contribution is 5.92. The first-order valence-corrected chi connectivity index (χ1v) is 6.16. The number of nitrogens with zero attached hydrogens (tertiary/aromatic N) is 1. The quantitative estimate of drug-likeness (QED) is 0.759. The van der Waals surface area contributed by atoms with Crippen molar-refractivity contribution in [3.05, 3.63) is 29.8 Å². The lowest BCUT2D eigenvalue weighted by Crippen LogP contribution is -2.32. The van der Waals surface area contributed by atoms with Gasteiger partial charge in [0.15, 0.2) is 0 Å². The Kier molecular flexibility index (Phi) is 5.92. The smallest absolute Gasteiger partial charge is 0.270 e. The van der Waals surface area contributed by atoms with Crippen molar-refractivity contribution >= 4 is 11.8 Å². The van der Waals surface area contributed by atoms with Gasteiger partial charge in [-0.15, -0.1) is 0 Å². The van der Waals surface area contributed by atoms with Crippen LogP contribution in [0.3, 0.4) is 0 Å². The van der Waals surface area contributed by atoms with Crippen LogP contribution in [-0.2, 0) is 4.79 Å². The van der Waals surface area contributed by atoms with E-state index in [0.29, 0.717) is 12.5 Å². The molecule has 0 fully saturated rings. The number of carbonyl (C=O) groups is 2. The summed E-state index contributed by atoms with van der Waals surface area (Å²) < 4.78 is 12.8. The van der Waals surface area contributed by atoms with Gasteiger partial charge in [0, 0.05) is 19.5 Å². The van der Waals surface area contributed by atoms with E-state index in [1.165, 1.54) is 12.1 Å². The summed E-state index contributed by atoms with van der Waals surface area (Å²) in [6.45, 7) is 4.80.